The van der Waals surface area contributed by atoms with E-state index < -0.39 is 0 Å². The van der Waals surface area contributed by atoms with Gasteiger partial charge in [-0.1, -0.05) is 503 Å². The van der Waals surface area contributed by atoms with Gasteiger partial charge >= 0.3 is 0 Å². The Morgan fingerprint density at radius 1 is 0.116 bits per heavy atom. The molecule has 0 saturated carbocycles. The van der Waals surface area contributed by atoms with E-state index in [2.05, 4.69) is 542 Å². The van der Waals surface area contributed by atoms with Gasteiger partial charge in [0.2, 0.25) is 0 Å². The van der Waals surface area contributed by atoms with Crippen LogP contribution in [0.5, 0.6) is 0 Å². The summed E-state index contributed by atoms with van der Waals surface area (Å²) in [6, 6.07) is 177. The van der Waals surface area contributed by atoms with Gasteiger partial charge in [-0.25, -0.2) is 0 Å². The fourth-order valence-electron chi connectivity index (χ4n) is 26.4. The Hall–Kier alpha value is -17.2. The molecule has 0 amide bonds. The van der Waals surface area contributed by atoms with Gasteiger partial charge in [0.15, 0.2) is 0 Å². The summed E-state index contributed by atoms with van der Waals surface area (Å²) in [5.74, 6) is 0. The van der Waals surface area contributed by atoms with Crippen molar-refractivity contribution in [2.24, 2.45) is 0 Å². The van der Waals surface area contributed by atoms with Crippen molar-refractivity contribution in [3.8, 4) is 145 Å². The van der Waals surface area contributed by atoms with Gasteiger partial charge in [0.25, 0.3) is 0 Å². The van der Waals surface area contributed by atoms with Gasteiger partial charge in [0.1, 0.15) is 0 Å². The van der Waals surface area contributed by atoms with Gasteiger partial charge in [-0.05, 0) is 336 Å². The topological polar surface area (TPSA) is 0 Å². The maximum absolute atomic E-state index is 2.49. The van der Waals surface area contributed by atoms with Crippen molar-refractivity contribution in [2.45, 2.75) is 90.9 Å². The molecule has 4 aliphatic carbocycles. The fourth-order valence-corrected chi connectivity index (χ4v) is 26.4. The molecule has 0 aliphatic heterocycles. The first-order chi connectivity index (χ1) is 71.3. The predicted octanol–water partition coefficient (Wildman–Crippen LogP) is 40.3. The molecule has 0 heteroatoms. The lowest BCUT2D eigenvalue weighted by atomic mass is 9.80. The molecule has 0 saturated heterocycles. The molecule has 0 N–H and O–H groups in total. The average molecular weight is 1860 g/mol. The van der Waals surface area contributed by atoms with Crippen LogP contribution >= 0.6 is 0 Å². The van der Waals surface area contributed by atoms with Crippen LogP contribution in [0.1, 0.15) is 111 Å². The molecular formula is C146H108. The number of rotatable bonds is 9. The SMILES string of the molecule is CC1(C)c2ccccc2-c2cc(-c3c4ccccc4c(-c4ccc(-c5c6ccccc6c(-c6ccccc6)c6ccccc56)cc4)c4ccc(-c5ccc6c(c5)C(C)(C)c5ccccc5-6)cc34)ccc21.Cc1ccc2c(-c3ccc4ccccc4c3)c3ccccc3c(-c3ccc4c(c3)C(C)(C)c3ccccc3-4)c2c1.Cc1ccc2c(-c3ccccc3)c3ccccc3c(-c3ccc4c(c3)C(C)(C)c3ccccc3-4)c2c1. The molecular weight excluding hydrogens is 1750 g/mol. The van der Waals surface area contributed by atoms with E-state index in [9.17, 15) is 0 Å². The van der Waals surface area contributed by atoms with Crippen LogP contribution in [0.15, 0.2) is 473 Å². The van der Waals surface area contributed by atoms with E-state index in [1.165, 1.54) is 297 Å². The maximum atomic E-state index is 2.49. The van der Waals surface area contributed by atoms with E-state index in [1.54, 1.807) is 0 Å². The summed E-state index contributed by atoms with van der Waals surface area (Å²) < 4.78 is 0. The van der Waals surface area contributed by atoms with Gasteiger partial charge in [0.05, 0.1) is 0 Å². The summed E-state index contributed by atoms with van der Waals surface area (Å²) >= 11 is 0. The minimum atomic E-state index is -0.0868. The number of benzene rings is 25. The predicted molar refractivity (Wildman–Crippen MR) is 626 cm³/mol. The maximum Gasteiger partial charge on any atom is 0.0159 e. The highest BCUT2D eigenvalue weighted by Crippen LogP contribution is 2.59. The molecule has 0 atom stereocenters. The highest BCUT2D eigenvalue weighted by atomic mass is 14.4. The normalized spacial score (nSPS) is 13.8. The van der Waals surface area contributed by atoms with Gasteiger partial charge in [-0.15, -0.1) is 0 Å². The lowest BCUT2D eigenvalue weighted by Crippen LogP contribution is -2.14. The Balaban J connectivity index is 0.000000118. The third kappa shape index (κ3) is 13.7. The minimum absolute atomic E-state index is 0.0204. The van der Waals surface area contributed by atoms with Gasteiger partial charge in [-0.3, -0.25) is 0 Å². The fraction of sp³-hybridized carbons (Fsp3) is 0.0959. The molecule has 4 aliphatic rings. The van der Waals surface area contributed by atoms with Crippen LogP contribution in [0.4, 0.5) is 0 Å². The number of hydrogen-bond acceptors (Lipinski definition) is 0. The smallest absolute Gasteiger partial charge is 0.0159 e. The summed E-state index contributed by atoms with van der Waals surface area (Å²) in [4.78, 5) is 0. The van der Waals surface area contributed by atoms with Crippen LogP contribution in [0, 0.1) is 13.8 Å². The summed E-state index contributed by atoms with van der Waals surface area (Å²) in [6.45, 7) is 23.4. The van der Waals surface area contributed by atoms with Crippen LogP contribution in [-0.2, 0) is 21.7 Å². The second kappa shape index (κ2) is 33.8. The van der Waals surface area contributed by atoms with Crippen LogP contribution in [0.25, 0.3) is 242 Å². The molecule has 25 aromatic carbocycles. The zero-order valence-electron chi connectivity index (χ0n) is 84.0. The Morgan fingerprint density at radius 3 is 0.719 bits per heavy atom. The summed E-state index contributed by atoms with van der Waals surface area (Å²) in [5.41, 5.74) is 47.3. The number of fused-ring (bicyclic) bond motifs is 21. The van der Waals surface area contributed by atoms with Crippen LogP contribution in [-0.4, -0.2) is 0 Å². The molecule has 0 fully saturated rings. The standard InChI is InChI=1S/C70H50.C40H30.C36H28/c1-69(2)62-29-17-15-21-50(62)59-41-48(36-39-63(59)69)68-57-27-13-12-26-56(57)67(58-38-35-46(40-60(58)68)47-34-37-51-49-20-14-16-28-61(49)70(3,4)64(51)42-47)45-32-30-44(31-33-45)66-54-24-10-8-22-52(54)65(43-18-6-5-7-19-43)53-23-9-11-25-55(53)66;1-25-16-20-34-35(22-25)39(29-19-21-31-30-12-8-9-15-36(30)40(2,3)37(31)24-29)33-14-7-6-13-32(33)38(34)28-18-17-26-10-4-5-11-27(26)23-28;1-23-17-19-30-31(21-23)35(29-15-8-7-14-28(29)34(30)24-11-5-4-6-12-24)25-18-20-27-26-13-9-10-16-32(26)36(2,3)33(27)22-25/h5-42H,1-4H3;4-24H,1-3H3;4-22H,1-3H3. The van der Waals surface area contributed by atoms with Crippen molar-refractivity contribution in [2.75, 3.05) is 0 Å². The van der Waals surface area contributed by atoms with Crippen molar-refractivity contribution in [1.82, 2.24) is 0 Å². The Bertz CT molecular complexity index is 9740. The zero-order chi connectivity index (χ0) is 98.3. The Kier molecular flexibility index (Phi) is 20.3. The molecule has 0 radical (unpaired) electrons. The molecule has 0 heterocycles. The molecule has 692 valence electrons. The quantitative estimate of drug-likeness (QED) is 0.126. The van der Waals surface area contributed by atoms with E-state index >= 15 is 0 Å². The minimum Gasteiger partial charge on any atom is -0.0622 e. The Morgan fingerprint density at radius 2 is 0.336 bits per heavy atom. The molecule has 0 aromatic heterocycles. The van der Waals surface area contributed by atoms with E-state index in [0.717, 1.165) is 0 Å². The lowest BCUT2D eigenvalue weighted by Gasteiger charge is -2.23. The number of hydrogen-bond donors (Lipinski definition) is 0. The third-order valence-corrected chi connectivity index (χ3v) is 33.5. The molecule has 0 spiro atoms. The average Bonchev–Trinajstić information content (AvgIpc) is 1.64. The summed E-state index contributed by atoms with van der Waals surface area (Å²) in [5, 5.41) is 23.1. The molecule has 29 rings (SSSR count). The highest BCUT2D eigenvalue weighted by molar-refractivity contribution is 6.27. The first kappa shape index (κ1) is 87.8. The monoisotopic (exact) mass is 1860 g/mol. The first-order valence-electron chi connectivity index (χ1n) is 51.8. The van der Waals surface area contributed by atoms with Crippen molar-refractivity contribution >= 4 is 97.0 Å². The van der Waals surface area contributed by atoms with E-state index in [-0.39, 0.29) is 21.7 Å². The van der Waals surface area contributed by atoms with Gasteiger partial charge in [-0.2, -0.15) is 0 Å². The third-order valence-electron chi connectivity index (χ3n) is 33.5. The second-order valence-corrected chi connectivity index (χ2v) is 43.2. The second-order valence-electron chi connectivity index (χ2n) is 43.2. The molecule has 0 nitrogen and oxygen atoms in total. The van der Waals surface area contributed by atoms with Crippen LogP contribution in [0.3, 0.4) is 0 Å². The van der Waals surface area contributed by atoms with Gasteiger partial charge < -0.3 is 0 Å². The van der Waals surface area contributed by atoms with Gasteiger partial charge in [0, 0.05) is 21.7 Å². The van der Waals surface area contributed by atoms with Crippen molar-refractivity contribution < 1.29 is 0 Å². The van der Waals surface area contributed by atoms with Crippen molar-refractivity contribution in [1.29, 1.82) is 0 Å². The number of aryl methyl sites for hydroxylation is 2. The van der Waals surface area contributed by atoms with E-state index in [4.69, 9.17) is 0 Å². The summed E-state index contributed by atoms with van der Waals surface area (Å²) in [6.07, 6.45) is 0. The summed E-state index contributed by atoms with van der Waals surface area (Å²) in [7, 11) is 0. The molecule has 0 bridgehead atoms. The lowest BCUT2D eigenvalue weighted by molar-refractivity contribution is 0.660. The van der Waals surface area contributed by atoms with Crippen molar-refractivity contribution in [3.63, 3.8) is 0 Å². The van der Waals surface area contributed by atoms with E-state index in [1.807, 2.05) is 0 Å². The largest absolute Gasteiger partial charge is 0.0622 e. The van der Waals surface area contributed by atoms with Crippen LogP contribution in [0.2, 0.25) is 0 Å². The van der Waals surface area contributed by atoms with Crippen LogP contribution < -0.4 is 0 Å². The van der Waals surface area contributed by atoms with E-state index in [0.29, 0.717) is 0 Å². The molecule has 25 aromatic rings. The highest BCUT2D eigenvalue weighted by Gasteiger charge is 2.41. The Labute approximate surface area is 855 Å². The first-order valence-corrected chi connectivity index (χ1v) is 51.8. The molecule has 0 unspecified atom stereocenters. The molecule has 146 heavy (non-hydrogen) atoms. The van der Waals surface area contributed by atoms with Crippen molar-refractivity contribution in [3.05, 3.63) is 529 Å². The zero-order valence-corrected chi connectivity index (χ0v) is 84.0.